The summed E-state index contributed by atoms with van der Waals surface area (Å²) in [5.41, 5.74) is 1.99. The Balaban J connectivity index is 1.70. The molecule has 3 aromatic carbocycles. The summed E-state index contributed by atoms with van der Waals surface area (Å²) in [6.07, 6.45) is 2.69. The number of fused-ring (bicyclic) bond motifs is 1. The van der Waals surface area contributed by atoms with Gasteiger partial charge in [0.2, 0.25) is 10.0 Å². The van der Waals surface area contributed by atoms with Gasteiger partial charge in [-0.1, -0.05) is 12.1 Å². The Hall–Kier alpha value is -3.74. The van der Waals surface area contributed by atoms with E-state index in [1.807, 2.05) is 0 Å². The van der Waals surface area contributed by atoms with E-state index in [0.717, 1.165) is 29.5 Å². The van der Waals surface area contributed by atoms with Gasteiger partial charge in [0.1, 0.15) is 23.0 Å². The van der Waals surface area contributed by atoms with Crippen LogP contribution in [0, 0.1) is 11.6 Å². The molecule has 12 heteroatoms. The van der Waals surface area contributed by atoms with E-state index in [1.54, 1.807) is 12.1 Å². The number of hydrogen-bond donors (Lipinski definition) is 3. The fraction of sp³-hybridized carbons (Fsp3) is 0.222. The van der Waals surface area contributed by atoms with Crippen molar-refractivity contribution in [3.8, 4) is 11.3 Å². The van der Waals surface area contributed by atoms with Crippen molar-refractivity contribution >= 4 is 45.2 Å². The summed E-state index contributed by atoms with van der Waals surface area (Å²) in [4.78, 5) is 13.0. The van der Waals surface area contributed by atoms with Crippen molar-refractivity contribution < 1.29 is 36.5 Å². The number of carbonyl (C=O) groups excluding carboxylic acids is 1. The highest BCUT2D eigenvalue weighted by Crippen LogP contribution is 2.48. The zero-order valence-electron chi connectivity index (χ0n) is 21.1. The van der Waals surface area contributed by atoms with Crippen LogP contribution in [0.5, 0.6) is 0 Å². The standard InChI is InChI=1S/C27H25BF2N2O6S/c1-31-27(33)25-20-12-19(16-4-5-16)23(13-24(20)38-26(25)17-6-8-18(29)9-7-17)32(39(2,36)37)14-15-3-10-22(30)21(11-15)28(34)35/h3,6-13,16,34-35H,4-5,14H2,1-2H3,(H,31,33). The van der Waals surface area contributed by atoms with Crippen LogP contribution in [0.15, 0.2) is 59.0 Å². The van der Waals surface area contributed by atoms with Crippen LogP contribution in [0.1, 0.15) is 40.2 Å². The van der Waals surface area contributed by atoms with E-state index in [1.165, 1.54) is 43.4 Å². The van der Waals surface area contributed by atoms with Gasteiger partial charge >= 0.3 is 7.12 Å². The zero-order valence-corrected chi connectivity index (χ0v) is 21.9. The minimum Gasteiger partial charge on any atom is -0.455 e. The summed E-state index contributed by atoms with van der Waals surface area (Å²) in [5.74, 6) is -1.42. The van der Waals surface area contributed by atoms with E-state index < -0.39 is 34.7 Å². The number of rotatable bonds is 8. The van der Waals surface area contributed by atoms with Crippen molar-refractivity contribution in [2.75, 3.05) is 17.6 Å². The van der Waals surface area contributed by atoms with Crippen LogP contribution in [0.25, 0.3) is 22.3 Å². The molecule has 0 radical (unpaired) electrons. The summed E-state index contributed by atoms with van der Waals surface area (Å²) in [6, 6.07) is 12.4. The van der Waals surface area contributed by atoms with E-state index in [4.69, 9.17) is 4.42 Å². The molecule has 0 atom stereocenters. The molecule has 0 saturated heterocycles. The van der Waals surface area contributed by atoms with Crippen LogP contribution in [0.3, 0.4) is 0 Å². The minimum absolute atomic E-state index is 0.0541. The molecular formula is C27H25BF2N2O6S. The highest BCUT2D eigenvalue weighted by atomic mass is 32.2. The average Bonchev–Trinajstić information content (AvgIpc) is 3.67. The number of nitrogens with one attached hydrogen (secondary N) is 1. The lowest BCUT2D eigenvalue weighted by molar-refractivity contribution is 0.0964. The van der Waals surface area contributed by atoms with Gasteiger partial charge in [0, 0.05) is 29.5 Å². The van der Waals surface area contributed by atoms with Gasteiger partial charge in [0.25, 0.3) is 5.91 Å². The third-order valence-electron chi connectivity index (χ3n) is 6.75. The van der Waals surface area contributed by atoms with E-state index in [-0.39, 0.29) is 34.8 Å². The molecule has 0 spiro atoms. The third kappa shape index (κ3) is 5.27. The normalized spacial score (nSPS) is 13.5. The average molecular weight is 554 g/mol. The molecule has 1 saturated carbocycles. The Kier molecular flexibility index (Phi) is 6.96. The molecule has 1 amide bonds. The van der Waals surface area contributed by atoms with Crippen molar-refractivity contribution in [1.29, 1.82) is 0 Å². The molecule has 1 aromatic heterocycles. The van der Waals surface area contributed by atoms with E-state index >= 15 is 0 Å². The number of sulfonamides is 1. The molecule has 1 fully saturated rings. The van der Waals surface area contributed by atoms with E-state index in [2.05, 4.69) is 5.32 Å². The van der Waals surface area contributed by atoms with Crippen molar-refractivity contribution in [2.45, 2.75) is 25.3 Å². The topological polar surface area (TPSA) is 120 Å². The Morgan fingerprint density at radius 2 is 1.79 bits per heavy atom. The number of anilines is 1. The minimum atomic E-state index is -3.89. The third-order valence-corrected chi connectivity index (χ3v) is 7.88. The number of benzene rings is 3. The van der Waals surface area contributed by atoms with Crippen LogP contribution in [0.4, 0.5) is 14.5 Å². The van der Waals surface area contributed by atoms with Crippen molar-refractivity contribution in [1.82, 2.24) is 5.32 Å². The summed E-state index contributed by atoms with van der Waals surface area (Å²) in [7, 11) is -4.47. The zero-order chi connectivity index (χ0) is 28.1. The Morgan fingerprint density at radius 3 is 2.38 bits per heavy atom. The summed E-state index contributed by atoms with van der Waals surface area (Å²) >= 11 is 0. The van der Waals surface area contributed by atoms with Crippen molar-refractivity contribution in [2.24, 2.45) is 0 Å². The fourth-order valence-electron chi connectivity index (χ4n) is 4.68. The Bertz CT molecular complexity index is 1680. The van der Waals surface area contributed by atoms with Crippen molar-refractivity contribution in [3.05, 3.63) is 82.9 Å². The first-order chi connectivity index (χ1) is 18.5. The highest BCUT2D eigenvalue weighted by molar-refractivity contribution is 7.92. The molecule has 4 aromatic rings. The summed E-state index contributed by atoms with van der Waals surface area (Å²) in [5, 5.41) is 22.1. The monoisotopic (exact) mass is 554 g/mol. The molecule has 0 aliphatic heterocycles. The van der Waals surface area contributed by atoms with Crippen LogP contribution in [0.2, 0.25) is 0 Å². The number of nitrogens with zero attached hydrogens (tertiary/aromatic N) is 1. The van der Waals surface area contributed by atoms with Gasteiger partial charge in [-0.2, -0.15) is 0 Å². The smallest absolute Gasteiger partial charge is 0.455 e. The molecule has 1 aliphatic carbocycles. The summed E-state index contributed by atoms with van der Waals surface area (Å²) in [6.45, 7) is -0.210. The predicted octanol–water partition coefficient (Wildman–Crippen LogP) is 3.26. The molecule has 0 bridgehead atoms. The van der Waals surface area contributed by atoms with E-state index in [0.29, 0.717) is 27.8 Å². The lowest BCUT2D eigenvalue weighted by Crippen LogP contribution is -2.34. The second-order valence-corrected chi connectivity index (χ2v) is 11.5. The second kappa shape index (κ2) is 10.1. The highest BCUT2D eigenvalue weighted by Gasteiger charge is 2.33. The molecule has 1 heterocycles. The van der Waals surface area contributed by atoms with Gasteiger partial charge in [0.15, 0.2) is 0 Å². The predicted molar refractivity (Wildman–Crippen MR) is 144 cm³/mol. The largest absolute Gasteiger partial charge is 0.491 e. The summed E-state index contributed by atoms with van der Waals surface area (Å²) < 4.78 is 61.0. The molecule has 202 valence electrons. The van der Waals surface area contributed by atoms with Crippen LogP contribution in [-0.2, 0) is 16.6 Å². The first kappa shape index (κ1) is 26.9. The van der Waals surface area contributed by atoms with Crippen molar-refractivity contribution in [3.63, 3.8) is 0 Å². The van der Waals surface area contributed by atoms with Gasteiger partial charge in [0.05, 0.1) is 24.1 Å². The molecule has 1 aliphatic rings. The second-order valence-electron chi connectivity index (χ2n) is 9.57. The van der Waals surface area contributed by atoms with Gasteiger partial charge in [-0.05, 0) is 66.3 Å². The van der Waals surface area contributed by atoms with Gasteiger partial charge in [-0.15, -0.1) is 0 Å². The number of furan rings is 1. The SMILES string of the molecule is CNC(=O)c1c(-c2ccc(F)cc2)oc2cc(N(Cc3ccc(F)c(B(O)O)c3)S(C)(=O)=O)c(C3CC3)cc12. The lowest BCUT2D eigenvalue weighted by atomic mass is 9.79. The number of amides is 1. The first-order valence-corrected chi connectivity index (χ1v) is 14.0. The number of halogens is 2. The number of carbonyl (C=O) groups is 1. The van der Waals surface area contributed by atoms with Crippen LogP contribution in [-0.4, -0.2) is 44.8 Å². The quantitative estimate of drug-likeness (QED) is 0.288. The van der Waals surface area contributed by atoms with Crippen LogP contribution >= 0.6 is 0 Å². The van der Waals surface area contributed by atoms with Gasteiger partial charge in [-0.25, -0.2) is 17.2 Å². The maximum Gasteiger partial charge on any atom is 0.491 e. The first-order valence-electron chi connectivity index (χ1n) is 12.2. The lowest BCUT2D eigenvalue weighted by Gasteiger charge is -2.25. The maximum absolute atomic E-state index is 14.0. The number of hydrogen-bond acceptors (Lipinski definition) is 6. The molecule has 8 nitrogen and oxygen atoms in total. The molecular weight excluding hydrogens is 529 g/mol. The molecule has 3 N–H and O–H groups in total. The molecule has 39 heavy (non-hydrogen) atoms. The maximum atomic E-state index is 14.0. The van der Waals surface area contributed by atoms with Crippen LogP contribution < -0.4 is 15.1 Å². The fourth-order valence-corrected chi connectivity index (χ4v) is 5.58. The van der Waals surface area contributed by atoms with E-state index in [9.17, 15) is 32.0 Å². The molecule has 5 rings (SSSR count). The van der Waals surface area contributed by atoms with Gasteiger partial charge in [-0.3, -0.25) is 9.10 Å². The Labute approximate surface area is 224 Å². The van der Waals surface area contributed by atoms with Gasteiger partial charge < -0.3 is 19.8 Å². The Morgan fingerprint density at radius 1 is 1.10 bits per heavy atom. The molecule has 0 unspecified atom stereocenters.